The molecular weight excluding hydrogens is 312 g/mol. The number of rotatable bonds is 5. The molecule has 25 heavy (non-hydrogen) atoms. The average molecular weight is 332 g/mol. The lowest BCUT2D eigenvalue weighted by molar-refractivity contribution is -0.116. The highest BCUT2D eigenvalue weighted by Crippen LogP contribution is 2.19. The van der Waals surface area contributed by atoms with Gasteiger partial charge in [0, 0.05) is 12.1 Å². The summed E-state index contributed by atoms with van der Waals surface area (Å²) in [5, 5.41) is 2.74. The predicted octanol–water partition coefficient (Wildman–Crippen LogP) is 3.92. The van der Waals surface area contributed by atoms with E-state index in [1.807, 2.05) is 73.7 Å². The Balaban J connectivity index is 1.72. The number of hydrogen-bond acceptors (Lipinski definition) is 2. The second kappa shape index (κ2) is 7.62. The first-order chi connectivity index (χ1) is 12.1. The van der Waals surface area contributed by atoms with E-state index in [9.17, 15) is 9.59 Å². The Morgan fingerprint density at radius 1 is 1.00 bits per heavy atom. The van der Waals surface area contributed by atoms with E-state index in [0.717, 1.165) is 22.4 Å². The van der Waals surface area contributed by atoms with E-state index in [1.165, 1.54) is 0 Å². The molecule has 0 aliphatic heterocycles. The van der Waals surface area contributed by atoms with E-state index in [2.05, 4.69) is 10.3 Å². The third-order valence-corrected chi connectivity index (χ3v) is 4.06. The van der Waals surface area contributed by atoms with Crippen LogP contribution < -0.4 is 10.9 Å². The Hall–Kier alpha value is -3.14. The number of nitrogens with one attached hydrogen (secondary N) is 2. The zero-order valence-electron chi connectivity index (χ0n) is 14.1. The van der Waals surface area contributed by atoms with Crippen molar-refractivity contribution in [2.45, 2.75) is 19.8 Å². The van der Waals surface area contributed by atoms with Crippen molar-refractivity contribution in [3.8, 4) is 11.3 Å². The number of amides is 1. The summed E-state index contributed by atoms with van der Waals surface area (Å²) in [5.41, 5.74) is 3.55. The van der Waals surface area contributed by atoms with E-state index < -0.39 is 0 Å². The molecule has 0 radical (unpaired) electrons. The first kappa shape index (κ1) is 16.7. The van der Waals surface area contributed by atoms with Gasteiger partial charge >= 0.3 is 0 Å². The summed E-state index contributed by atoms with van der Waals surface area (Å²) in [6.45, 7) is 1.83. The Morgan fingerprint density at radius 3 is 2.28 bits per heavy atom. The molecule has 4 nitrogen and oxygen atoms in total. The summed E-state index contributed by atoms with van der Waals surface area (Å²) in [7, 11) is 0. The van der Waals surface area contributed by atoms with Gasteiger partial charge in [-0.1, -0.05) is 60.7 Å². The van der Waals surface area contributed by atoms with E-state index in [0.29, 0.717) is 18.5 Å². The van der Waals surface area contributed by atoms with E-state index in [4.69, 9.17) is 0 Å². The van der Waals surface area contributed by atoms with Gasteiger partial charge in [0.25, 0.3) is 5.56 Å². The molecule has 1 amide bonds. The molecule has 1 aromatic heterocycles. The molecule has 3 aromatic rings. The van der Waals surface area contributed by atoms with Gasteiger partial charge in [-0.05, 0) is 36.1 Å². The summed E-state index contributed by atoms with van der Waals surface area (Å²) in [5.74, 6) is -0.162. The van der Waals surface area contributed by atoms with Crippen LogP contribution in [0, 0.1) is 6.92 Å². The smallest absolute Gasteiger partial charge is 0.272 e. The van der Waals surface area contributed by atoms with Crippen LogP contribution in [-0.4, -0.2) is 10.9 Å². The molecule has 0 aliphatic rings. The van der Waals surface area contributed by atoms with Crippen LogP contribution in [0.15, 0.2) is 71.5 Å². The van der Waals surface area contributed by atoms with Crippen LogP contribution in [0.3, 0.4) is 0 Å². The molecule has 0 saturated heterocycles. The maximum absolute atomic E-state index is 12.4. The van der Waals surface area contributed by atoms with Crippen molar-refractivity contribution in [1.82, 2.24) is 4.98 Å². The highest BCUT2D eigenvalue weighted by atomic mass is 16.2. The molecule has 126 valence electrons. The van der Waals surface area contributed by atoms with Crippen LogP contribution in [0.25, 0.3) is 11.3 Å². The monoisotopic (exact) mass is 332 g/mol. The minimum Gasteiger partial charge on any atom is -0.321 e. The van der Waals surface area contributed by atoms with E-state index in [-0.39, 0.29) is 11.5 Å². The third kappa shape index (κ3) is 4.23. The topological polar surface area (TPSA) is 62.0 Å². The number of H-pyrrole nitrogens is 1. The fourth-order valence-electron chi connectivity index (χ4n) is 2.72. The summed E-state index contributed by atoms with van der Waals surface area (Å²) >= 11 is 0. The number of carbonyl (C=O) groups is 1. The molecule has 2 aromatic carbocycles. The first-order valence-corrected chi connectivity index (χ1v) is 8.26. The molecule has 2 N–H and O–H groups in total. The van der Waals surface area contributed by atoms with Crippen molar-refractivity contribution >= 4 is 11.6 Å². The van der Waals surface area contributed by atoms with Gasteiger partial charge in [0.1, 0.15) is 5.69 Å². The number of benzene rings is 2. The Labute approximate surface area is 146 Å². The number of carbonyl (C=O) groups excluding carboxylic acids is 1. The maximum atomic E-state index is 12.4. The summed E-state index contributed by atoms with van der Waals surface area (Å²) in [4.78, 5) is 27.4. The second-order valence-electron chi connectivity index (χ2n) is 5.97. The van der Waals surface area contributed by atoms with Gasteiger partial charge in [-0.25, -0.2) is 0 Å². The van der Waals surface area contributed by atoms with Crippen LogP contribution in [0.1, 0.15) is 17.5 Å². The zero-order valence-corrected chi connectivity index (χ0v) is 14.1. The largest absolute Gasteiger partial charge is 0.321 e. The van der Waals surface area contributed by atoms with Crippen LogP contribution in [0.4, 0.5) is 5.69 Å². The highest BCUT2D eigenvalue weighted by Gasteiger charge is 2.11. The molecule has 4 heteroatoms. The molecule has 0 bridgehead atoms. The quantitative estimate of drug-likeness (QED) is 0.744. The van der Waals surface area contributed by atoms with Gasteiger partial charge in [0.2, 0.25) is 5.91 Å². The van der Waals surface area contributed by atoms with Crippen molar-refractivity contribution in [3.05, 3.63) is 88.2 Å². The molecule has 3 rings (SSSR count). The van der Waals surface area contributed by atoms with Crippen molar-refractivity contribution in [2.24, 2.45) is 0 Å². The number of anilines is 1. The predicted molar refractivity (Wildman–Crippen MR) is 101 cm³/mol. The average Bonchev–Trinajstić information content (AvgIpc) is 2.64. The number of pyridine rings is 1. The van der Waals surface area contributed by atoms with Gasteiger partial charge in [-0.15, -0.1) is 0 Å². The molecular formula is C21H20N2O2. The number of aromatic amines is 1. The summed E-state index contributed by atoms with van der Waals surface area (Å²) in [6.07, 6.45) is 0.981. The van der Waals surface area contributed by atoms with Crippen molar-refractivity contribution in [3.63, 3.8) is 0 Å². The summed E-state index contributed by atoms with van der Waals surface area (Å²) in [6, 6.07) is 21.3. The Bertz CT molecular complexity index is 916. The molecule has 0 saturated carbocycles. The number of aromatic nitrogens is 1. The molecule has 0 atom stereocenters. The molecule has 0 aliphatic carbocycles. The van der Waals surface area contributed by atoms with Gasteiger partial charge in [-0.3, -0.25) is 9.59 Å². The minimum absolute atomic E-state index is 0.162. The van der Waals surface area contributed by atoms with Crippen molar-refractivity contribution < 1.29 is 4.79 Å². The lowest BCUT2D eigenvalue weighted by Gasteiger charge is -2.10. The Kier molecular flexibility index (Phi) is 5.09. The fourth-order valence-corrected chi connectivity index (χ4v) is 2.72. The number of aryl methyl sites for hydroxylation is 2. The van der Waals surface area contributed by atoms with Crippen LogP contribution in [-0.2, 0) is 11.2 Å². The second-order valence-corrected chi connectivity index (χ2v) is 5.97. The van der Waals surface area contributed by atoms with Gasteiger partial charge < -0.3 is 10.3 Å². The highest BCUT2D eigenvalue weighted by molar-refractivity contribution is 5.91. The standard InChI is InChI=1S/C21H20N2O2/c1-15-14-18(17-10-6-3-7-11-17)22-21(25)20(15)23-19(24)13-12-16-8-4-2-5-9-16/h2-11,14H,12-13H2,1H3,(H,22,25)(H,23,24). The molecule has 0 spiro atoms. The van der Waals surface area contributed by atoms with Gasteiger partial charge in [0.05, 0.1) is 0 Å². The van der Waals surface area contributed by atoms with Crippen LogP contribution in [0.5, 0.6) is 0 Å². The first-order valence-electron chi connectivity index (χ1n) is 8.26. The normalized spacial score (nSPS) is 10.4. The van der Waals surface area contributed by atoms with Gasteiger partial charge in [-0.2, -0.15) is 0 Å². The fraction of sp³-hybridized carbons (Fsp3) is 0.143. The number of hydrogen-bond donors (Lipinski definition) is 2. The van der Waals surface area contributed by atoms with E-state index >= 15 is 0 Å². The van der Waals surface area contributed by atoms with E-state index in [1.54, 1.807) is 0 Å². The molecule has 0 unspecified atom stereocenters. The zero-order chi connectivity index (χ0) is 17.6. The maximum Gasteiger partial charge on any atom is 0.272 e. The lowest BCUT2D eigenvalue weighted by atomic mass is 10.1. The molecule has 1 heterocycles. The third-order valence-electron chi connectivity index (χ3n) is 4.06. The molecule has 0 fully saturated rings. The SMILES string of the molecule is Cc1cc(-c2ccccc2)[nH]c(=O)c1NC(=O)CCc1ccccc1. The van der Waals surface area contributed by atoms with Crippen molar-refractivity contribution in [2.75, 3.05) is 5.32 Å². The summed E-state index contributed by atoms with van der Waals surface area (Å²) < 4.78 is 0. The van der Waals surface area contributed by atoms with Crippen molar-refractivity contribution in [1.29, 1.82) is 0 Å². The Morgan fingerprint density at radius 2 is 1.64 bits per heavy atom. The van der Waals surface area contributed by atoms with Gasteiger partial charge in [0.15, 0.2) is 0 Å². The van der Waals surface area contributed by atoms with Crippen LogP contribution in [0.2, 0.25) is 0 Å². The lowest BCUT2D eigenvalue weighted by Crippen LogP contribution is -2.21. The van der Waals surface area contributed by atoms with Crippen LogP contribution >= 0.6 is 0 Å². The minimum atomic E-state index is -0.285.